The summed E-state index contributed by atoms with van der Waals surface area (Å²) in [5, 5.41) is 0. The van der Waals surface area contributed by atoms with Crippen molar-refractivity contribution in [3.63, 3.8) is 0 Å². The molecule has 0 N–H and O–H groups in total. The molecular weight excluding hydrogens is 214 g/mol. The fourth-order valence-corrected chi connectivity index (χ4v) is 3.74. The third kappa shape index (κ3) is 1.71. The van der Waals surface area contributed by atoms with E-state index in [2.05, 4.69) is 27.7 Å². The Kier molecular flexibility index (Phi) is 3.04. The van der Waals surface area contributed by atoms with E-state index in [1.807, 2.05) is 0 Å². The van der Waals surface area contributed by atoms with Gasteiger partial charge in [-0.2, -0.15) is 0 Å². The minimum Gasteiger partial charge on any atom is -0.285 e. The summed E-state index contributed by atoms with van der Waals surface area (Å²) in [4.78, 5) is 25.7. The number of amides is 2. The topological polar surface area (TPSA) is 37.4 Å². The van der Waals surface area contributed by atoms with Crippen LogP contribution in [0.25, 0.3) is 0 Å². The molecule has 1 saturated heterocycles. The summed E-state index contributed by atoms with van der Waals surface area (Å²) >= 11 is 0. The van der Waals surface area contributed by atoms with Crippen LogP contribution in [0, 0.1) is 35.5 Å². The largest absolute Gasteiger partial charge is 0.285 e. The lowest BCUT2D eigenvalue weighted by Gasteiger charge is -2.22. The average Bonchev–Trinajstić information content (AvgIpc) is 2.73. The Morgan fingerprint density at radius 2 is 1.29 bits per heavy atom. The van der Waals surface area contributed by atoms with Crippen molar-refractivity contribution in [2.24, 2.45) is 35.5 Å². The van der Waals surface area contributed by atoms with Gasteiger partial charge in [-0.25, -0.2) is 0 Å². The molecule has 0 bridgehead atoms. The van der Waals surface area contributed by atoms with Crippen LogP contribution < -0.4 is 0 Å². The van der Waals surface area contributed by atoms with E-state index in [9.17, 15) is 9.59 Å². The molecule has 2 amide bonds. The quantitative estimate of drug-likeness (QED) is 0.690. The molecule has 1 aliphatic heterocycles. The van der Waals surface area contributed by atoms with E-state index in [4.69, 9.17) is 0 Å². The molecule has 1 saturated carbocycles. The van der Waals surface area contributed by atoms with E-state index in [1.54, 1.807) is 7.05 Å². The summed E-state index contributed by atoms with van der Waals surface area (Å²) in [5.41, 5.74) is 0. The number of hydrogen-bond donors (Lipinski definition) is 0. The van der Waals surface area contributed by atoms with E-state index < -0.39 is 0 Å². The van der Waals surface area contributed by atoms with Crippen molar-refractivity contribution in [1.29, 1.82) is 0 Å². The molecule has 0 radical (unpaired) electrons. The molecule has 96 valence electrons. The molecule has 2 aliphatic rings. The maximum absolute atomic E-state index is 12.2. The molecule has 1 heterocycles. The summed E-state index contributed by atoms with van der Waals surface area (Å²) < 4.78 is 0. The standard InChI is InChI=1S/C14H23NO2/c1-7(2)9-6-10(8(3)4)12-11(9)13(16)15(5)14(12)17/h7-12H,6H2,1-5H3. The third-order valence-electron chi connectivity index (χ3n) is 4.80. The fraction of sp³-hybridized carbons (Fsp3) is 0.857. The lowest BCUT2D eigenvalue weighted by Crippen LogP contribution is -2.31. The van der Waals surface area contributed by atoms with Crippen LogP contribution in [0.3, 0.4) is 0 Å². The van der Waals surface area contributed by atoms with E-state index in [-0.39, 0.29) is 23.7 Å². The van der Waals surface area contributed by atoms with Gasteiger partial charge in [0.2, 0.25) is 11.8 Å². The van der Waals surface area contributed by atoms with Crippen molar-refractivity contribution in [1.82, 2.24) is 4.90 Å². The fourth-order valence-electron chi connectivity index (χ4n) is 3.74. The van der Waals surface area contributed by atoms with Gasteiger partial charge in [-0.1, -0.05) is 27.7 Å². The van der Waals surface area contributed by atoms with Crippen LogP contribution in [-0.4, -0.2) is 23.8 Å². The van der Waals surface area contributed by atoms with Crippen molar-refractivity contribution < 1.29 is 9.59 Å². The Bertz CT molecular complexity index is 316. The molecule has 0 aromatic rings. The first kappa shape index (κ1) is 12.6. The predicted octanol–water partition coefficient (Wildman–Crippen LogP) is 2.17. The zero-order chi connectivity index (χ0) is 12.9. The minimum atomic E-state index is -0.0418. The summed E-state index contributed by atoms with van der Waals surface area (Å²) in [6.45, 7) is 8.67. The van der Waals surface area contributed by atoms with Gasteiger partial charge in [-0.3, -0.25) is 14.5 Å². The first-order valence-corrected chi connectivity index (χ1v) is 6.67. The molecule has 0 aromatic heterocycles. The third-order valence-corrected chi connectivity index (χ3v) is 4.80. The van der Waals surface area contributed by atoms with Gasteiger partial charge in [0.15, 0.2) is 0 Å². The molecule has 0 spiro atoms. The lowest BCUT2D eigenvalue weighted by atomic mass is 9.82. The Balaban J connectivity index is 2.36. The van der Waals surface area contributed by atoms with E-state index in [0.29, 0.717) is 23.7 Å². The second-order valence-corrected chi connectivity index (χ2v) is 6.34. The second-order valence-electron chi connectivity index (χ2n) is 6.34. The molecule has 3 nitrogen and oxygen atoms in total. The highest BCUT2D eigenvalue weighted by Gasteiger charge is 2.58. The van der Waals surface area contributed by atoms with Crippen LogP contribution in [0.1, 0.15) is 34.1 Å². The van der Waals surface area contributed by atoms with Gasteiger partial charge in [-0.15, -0.1) is 0 Å². The normalized spacial score (nSPS) is 37.5. The lowest BCUT2D eigenvalue weighted by molar-refractivity contribution is -0.139. The molecule has 4 atom stereocenters. The zero-order valence-corrected chi connectivity index (χ0v) is 11.4. The van der Waals surface area contributed by atoms with E-state index >= 15 is 0 Å². The molecule has 17 heavy (non-hydrogen) atoms. The van der Waals surface area contributed by atoms with Gasteiger partial charge in [0.05, 0.1) is 11.8 Å². The summed E-state index contributed by atoms with van der Waals surface area (Å²) in [6.07, 6.45) is 1.04. The highest BCUT2D eigenvalue weighted by molar-refractivity contribution is 6.05. The molecule has 2 fully saturated rings. The van der Waals surface area contributed by atoms with Crippen molar-refractivity contribution >= 4 is 11.8 Å². The first-order valence-electron chi connectivity index (χ1n) is 6.67. The summed E-state index contributed by atoms with van der Waals surface area (Å²) in [6, 6.07) is 0. The maximum atomic E-state index is 12.2. The monoisotopic (exact) mass is 237 g/mol. The Labute approximate surface area is 104 Å². The van der Waals surface area contributed by atoms with Gasteiger partial charge in [0, 0.05) is 7.05 Å². The molecule has 2 rings (SSSR count). The Morgan fingerprint density at radius 1 is 0.941 bits per heavy atom. The number of carbonyl (C=O) groups excluding carboxylic acids is 2. The van der Waals surface area contributed by atoms with Crippen LogP contribution in [-0.2, 0) is 9.59 Å². The number of imide groups is 1. The first-order chi connectivity index (χ1) is 7.86. The predicted molar refractivity (Wildman–Crippen MR) is 66.0 cm³/mol. The minimum absolute atomic E-state index is 0.0418. The maximum Gasteiger partial charge on any atom is 0.233 e. The number of likely N-dealkylation sites (tertiary alicyclic amines) is 1. The molecule has 4 unspecified atom stereocenters. The van der Waals surface area contributed by atoms with Gasteiger partial charge < -0.3 is 0 Å². The average molecular weight is 237 g/mol. The number of hydrogen-bond acceptors (Lipinski definition) is 2. The van der Waals surface area contributed by atoms with Crippen LogP contribution in [0.5, 0.6) is 0 Å². The Hall–Kier alpha value is -0.860. The van der Waals surface area contributed by atoms with Gasteiger partial charge in [0.25, 0.3) is 0 Å². The van der Waals surface area contributed by atoms with Gasteiger partial charge in [0.1, 0.15) is 0 Å². The van der Waals surface area contributed by atoms with Crippen LogP contribution >= 0.6 is 0 Å². The molecular formula is C14H23NO2. The Morgan fingerprint density at radius 3 is 1.59 bits per heavy atom. The molecule has 0 aromatic carbocycles. The van der Waals surface area contributed by atoms with Gasteiger partial charge >= 0.3 is 0 Å². The number of nitrogens with zero attached hydrogens (tertiary/aromatic N) is 1. The molecule has 1 aliphatic carbocycles. The van der Waals surface area contributed by atoms with Crippen LogP contribution in [0.15, 0.2) is 0 Å². The smallest absolute Gasteiger partial charge is 0.233 e. The van der Waals surface area contributed by atoms with Crippen LogP contribution in [0.4, 0.5) is 0 Å². The van der Waals surface area contributed by atoms with E-state index in [1.165, 1.54) is 4.90 Å². The number of rotatable bonds is 2. The SMILES string of the molecule is CC(C)C1CC(C(C)C)C2C(=O)N(C)C(=O)C12. The van der Waals surface area contributed by atoms with Gasteiger partial charge in [-0.05, 0) is 30.1 Å². The summed E-state index contributed by atoms with van der Waals surface area (Å²) in [5.74, 6) is 1.76. The van der Waals surface area contributed by atoms with Crippen molar-refractivity contribution in [3.8, 4) is 0 Å². The van der Waals surface area contributed by atoms with Crippen molar-refractivity contribution in [2.45, 2.75) is 34.1 Å². The summed E-state index contributed by atoms with van der Waals surface area (Å²) in [7, 11) is 1.64. The number of fused-ring (bicyclic) bond motifs is 1. The highest BCUT2D eigenvalue weighted by atomic mass is 16.2. The van der Waals surface area contributed by atoms with E-state index in [0.717, 1.165) is 6.42 Å². The molecule has 3 heteroatoms. The van der Waals surface area contributed by atoms with Crippen LogP contribution in [0.2, 0.25) is 0 Å². The zero-order valence-electron chi connectivity index (χ0n) is 11.4. The van der Waals surface area contributed by atoms with Crippen molar-refractivity contribution in [3.05, 3.63) is 0 Å². The van der Waals surface area contributed by atoms with Crippen molar-refractivity contribution in [2.75, 3.05) is 7.05 Å². The number of carbonyl (C=O) groups is 2. The highest BCUT2D eigenvalue weighted by Crippen LogP contribution is 2.52. The second kappa shape index (κ2) is 4.11.